The van der Waals surface area contributed by atoms with E-state index in [0.717, 1.165) is 5.56 Å². The van der Waals surface area contributed by atoms with Crippen molar-refractivity contribution in [3.63, 3.8) is 0 Å². The third kappa shape index (κ3) is 3.88. The highest BCUT2D eigenvalue weighted by Crippen LogP contribution is 2.34. The molecule has 4 nitrogen and oxygen atoms in total. The van der Waals surface area contributed by atoms with Gasteiger partial charge >= 0.3 is 0 Å². The zero-order valence-electron chi connectivity index (χ0n) is 15.1. The van der Waals surface area contributed by atoms with E-state index in [1.807, 2.05) is 12.1 Å². The summed E-state index contributed by atoms with van der Waals surface area (Å²) in [7, 11) is -3.68. The second-order valence-corrected chi connectivity index (χ2v) is 9.34. The highest BCUT2D eigenvalue weighted by Gasteiger charge is 2.28. The number of epoxide rings is 1. The Kier molecular flexibility index (Phi) is 4.64. The quantitative estimate of drug-likeness (QED) is 0.759. The molecule has 1 unspecified atom stereocenters. The van der Waals surface area contributed by atoms with E-state index in [2.05, 4.69) is 20.8 Å². The molecule has 1 aliphatic heterocycles. The molecule has 0 saturated carbocycles. The lowest BCUT2D eigenvalue weighted by Gasteiger charge is -2.20. The average Bonchev–Trinajstić information content (AvgIpc) is 3.36. The minimum Gasteiger partial charge on any atom is -0.489 e. The summed E-state index contributed by atoms with van der Waals surface area (Å²) in [4.78, 5) is 0.531. The lowest BCUT2D eigenvalue weighted by Crippen LogP contribution is -2.14. The number of hydrogen-bond donors (Lipinski definition) is 0. The Labute approximate surface area is 149 Å². The maximum absolute atomic E-state index is 13.3. The summed E-state index contributed by atoms with van der Waals surface area (Å²) >= 11 is 0. The molecule has 25 heavy (non-hydrogen) atoms. The molecule has 5 heteroatoms. The van der Waals surface area contributed by atoms with Crippen LogP contribution < -0.4 is 4.74 Å². The largest absolute Gasteiger partial charge is 0.489 e. The first-order chi connectivity index (χ1) is 11.7. The van der Waals surface area contributed by atoms with Crippen LogP contribution in [0.15, 0.2) is 52.3 Å². The van der Waals surface area contributed by atoms with Gasteiger partial charge in [-0.05, 0) is 41.7 Å². The predicted octanol–water partition coefficient (Wildman–Crippen LogP) is 3.90. The van der Waals surface area contributed by atoms with Gasteiger partial charge in [0.1, 0.15) is 23.4 Å². The number of benzene rings is 2. The zero-order chi connectivity index (χ0) is 18.2. The van der Waals surface area contributed by atoms with Crippen LogP contribution in [0.5, 0.6) is 5.75 Å². The fourth-order valence-corrected chi connectivity index (χ4v) is 4.34. The number of sulfone groups is 1. The third-order valence-electron chi connectivity index (χ3n) is 4.28. The predicted molar refractivity (Wildman–Crippen MR) is 97.0 cm³/mol. The van der Waals surface area contributed by atoms with Crippen LogP contribution in [0.4, 0.5) is 0 Å². The van der Waals surface area contributed by atoms with Gasteiger partial charge in [0.25, 0.3) is 0 Å². The Morgan fingerprint density at radius 3 is 2.48 bits per heavy atom. The maximum Gasteiger partial charge on any atom is 0.210 e. The number of aryl methyl sites for hydroxylation is 1. The van der Waals surface area contributed by atoms with Gasteiger partial charge in [-0.1, -0.05) is 45.0 Å². The Morgan fingerprint density at radius 2 is 1.84 bits per heavy atom. The summed E-state index contributed by atoms with van der Waals surface area (Å²) in [6.45, 7) is 9.03. The average molecular weight is 360 g/mol. The molecule has 2 aromatic carbocycles. The second kappa shape index (κ2) is 6.46. The van der Waals surface area contributed by atoms with E-state index in [1.165, 1.54) is 0 Å². The SMILES string of the molecule is Cc1cccc(OCC2CO2)c1S(=O)(=O)c1cccc(C(C)(C)C)c1. The van der Waals surface area contributed by atoms with Crippen LogP contribution in [0, 0.1) is 6.92 Å². The molecule has 1 saturated heterocycles. The van der Waals surface area contributed by atoms with Crippen molar-refractivity contribution in [2.45, 2.75) is 49.0 Å². The Bertz CT molecular complexity index is 875. The van der Waals surface area contributed by atoms with Crippen molar-refractivity contribution in [2.24, 2.45) is 0 Å². The fraction of sp³-hybridized carbons (Fsp3) is 0.400. The first kappa shape index (κ1) is 18.0. The molecule has 1 fully saturated rings. The van der Waals surface area contributed by atoms with Gasteiger partial charge in [-0.2, -0.15) is 0 Å². The lowest BCUT2D eigenvalue weighted by atomic mass is 9.87. The van der Waals surface area contributed by atoms with E-state index in [4.69, 9.17) is 9.47 Å². The van der Waals surface area contributed by atoms with Gasteiger partial charge in [0.2, 0.25) is 9.84 Å². The van der Waals surface area contributed by atoms with Crippen molar-refractivity contribution >= 4 is 9.84 Å². The van der Waals surface area contributed by atoms with E-state index < -0.39 is 9.84 Å². The number of hydrogen-bond acceptors (Lipinski definition) is 4. The van der Waals surface area contributed by atoms with Gasteiger partial charge in [0.15, 0.2) is 0 Å². The Balaban J connectivity index is 2.05. The van der Waals surface area contributed by atoms with Crippen LogP contribution in [0.2, 0.25) is 0 Å². The summed E-state index contributed by atoms with van der Waals surface area (Å²) in [6.07, 6.45) is 0.0697. The normalized spacial score (nSPS) is 17.4. The minimum absolute atomic E-state index is 0.0697. The van der Waals surface area contributed by atoms with Crippen molar-refractivity contribution in [1.29, 1.82) is 0 Å². The molecular formula is C20H24O4S. The standard InChI is InChI=1S/C20H24O4S/c1-14-7-5-10-18(24-13-16-12-23-16)19(14)25(21,22)17-9-6-8-15(11-17)20(2,3)4/h5-11,16H,12-13H2,1-4H3. The van der Waals surface area contributed by atoms with E-state index in [1.54, 1.807) is 37.3 Å². The molecule has 0 spiro atoms. The van der Waals surface area contributed by atoms with Crippen molar-refractivity contribution in [2.75, 3.05) is 13.2 Å². The van der Waals surface area contributed by atoms with E-state index in [0.29, 0.717) is 29.4 Å². The van der Waals surface area contributed by atoms with Crippen LogP contribution >= 0.6 is 0 Å². The number of ether oxygens (including phenoxy) is 2. The molecule has 0 radical (unpaired) electrons. The van der Waals surface area contributed by atoms with Crippen LogP contribution in [0.3, 0.4) is 0 Å². The highest BCUT2D eigenvalue weighted by atomic mass is 32.2. The monoisotopic (exact) mass is 360 g/mol. The summed E-state index contributed by atoms with van der Waals surface area (Å²) in [5.41, 5.74) is 1.53. The second-order valence-electron chi connectivity index (χ2n) is 7.45. The fourth-order valence-electron chi connectivity index (χ4n) is 2.68. The summed E-state index contributed by atoms with van der Waals surface area (Å²) in [6, 6.07) is 12.5. The van der Waals surface area contributed by atoms with Gasteiger partial charge in [-0.3, -0.25) is 0 Å². The molecule has 134 valence electrons. The molecule has 2 aromatic rings. The molecular weight excluding hydrogens is 336 g/mol. The van der Waals surface area contributed by atoms with Gasteiger partial charge in [0, 0.05) is 0 Å². The van der Waals surface area contributed by atoms with E-state index in [-0.39, 0.29) is 16.4 Å². The molecule has 0 N–H and O–H groups in total. The molecule has 1 heterocycles. The molecule has 3 rings (SSSR count). The van der Waals surface area contributed by atoms with Gasteiger partial charge in [-0.25, -0.2) is 8.42 Å². The van der Waals surface area contributed by atoms with Crippen molar-refractivity contribution in [3.8, 4) is 5.75 Å². The first-order valence-electron chi connectivity index (χ1n) is 8.39. The Morgan fingerprint density at radius 1 is 1.16 bits per heavy atom. The van der Waals surface area contributed by atoms with Gasteiger partial charge in [-0.15, -0.1) is 0 Å². The summed E-state index contributed by atoms with van der Waals surface area (Å²) in [5, 5.41) is 0. The highest BCUT2D eigenvalue weighted by molar-refractivity contribution is 7.91. The van der Waals surface area contributed by atoms with Crippen molar-refractivity contribution in [1.82, 2.24) is 0 Å². The molecule has 1 aliphatic rings. The van der Waals surface area contributed by atoms with Crippen LogP contribution in [0.25, 0.3) is 0 Å². The smallest absolute Gasteiger partial charge is 0.210 e. The molecule has 0 aliphatic carbocycles. The van der Waals surface area contributed by atoms with Gasteiger partial charge in [0.05, 0.1) is 11.5 Å². The molecule has 1 atom stereocenters. The van der Waals surface area contributed by atoms with Crippen molar-refractivity contribution in [3.05, 3.63) is 53.6 Å². The number of rotatable bonds is 5. The van der Waals surface area contributed by atoms with Crippen molar-refractivity contribution < 1.29 is 17.9 Å². The maximum atomic E-state index is 13.3. The first-order valence-corrected chi connectivity index (χ1v) is 9.87. The summed E-state index contributed by atoms with van der Waals surface area (Å²) in [5.74, 6) is 0.386. The summed E-state index contributed by atoms with van der Waals surface area (Å²) < 4.78 is 37.5. The van der Waals surface area contributed by atoms with Crippen LogP contribution in [0.1, 0.15) is 31.9 Å². The van der Waals surface area contributed by atoms with E-state index in [9.17, 15) is 8.42 Å². The minimum atomic E-state index is -3.68. The zero-order valence-corrected chi connectivity index (χ0v) is 15.9. The lowest BCUT2D eigenvalue weighted by molar-refractivity contribution is 0.257. The van der Waals surface area contributed by atoms with Crippen LogP contribution in [-0.2, 0) is 20.0 Å². The molecule has 0 aromatic heterocycles. The molecule has 0 amide bonds. The third-order valence-corrected chi connectivity index (χ3v) is 6.22. The van der Waals surface area contributed by atoms with Gasteiger partial charge < -0.3 is 9.47 Å². The topological polar surface area (TPSA) is 55.9 Å². The van der Waals surface area contributed by atoms with E-state index >= 15 is 0 Å². The molecule has 0 bridgehead atoms. The Hall–Kier alpha value is -1.85. The van der Waals surface area contributed by atoms with Crippen LogP contribution in [-0.4, -0.2) is 27.7 Å².